The van der Waals surface area contributed by atoms with Gasteiger partial charge in [0, 0.05) is 41.3 Å². The quantitative estimate of drug-likeness (QED) is 0.536. The Hall–Kier alpha value is -2.42. The third kappa shape index (κ3) is 6.37. The summed E-state index contributed by atoms with van der Waals surface area (Å²) in [6.45, 7) is 7.88. The maximum atomic E-state index is 12.8. The van der Waals surface area contributed by atoms with Crippen molar-refractivity contribution in [2.45, 2.75) is 63.6 Å². The van der Waals surface area contributed by atoms with Crippen LogP contribution in [-0.4, -0.2) is 54.2 Å². The number of nitrogens with one attached hydrogen (secondary N) is 3. The first-order chi connectivity index (χ1) is 16.4. The highest BCUT2D eigenvalue weighted by molar-refractivity contribution is 7.09. The smallest absolute Gasteiger partial charge is 0.319 e. The summed E-state index contributed by atoms with van der Waals surface area (Å²) in [5, 5.41) is 11.0. The van der Waals surface area contributed by atoms with Crippen molar-refractivity contribution in [1.82, 2.24) is 15.5 Å². The van der Waals surface area contributed by atoms with Crippen LogP contribution in [0.5, 0.6) is 0 Å². The number of anilines is 1. The molecule has 4 rings (SSSR count). The third-order valence-corrected chi connectivity index (χ3v) is 7.72. The predicted molar refractivity (Wildman–Crippen MR) is 136 cm³/mol. The molecule has 0 bridgehead atoms. The number of benzene rings is 1. The van der Waals surface area contributed by atoms with E-state index in [1.54, 1.807) is 35.6 Å². The number of thiophene rings is 1. The lowest BCUT2D eigenvalue weighted by Crippen LogP contribution is -2.63. The number of hydrogen-bond acceptors (Lipinski definition) is 5. The Bertz CT molecular complexity index is 970. The lowest BCUT2D eigenvalue weighted by atomic mass is 9.79. The molecular weight excluding hydrogens is 448 g/mol. The van der Waals surface area contributed by atoms with E-state index in [1.165, 1.54) is 19.3 Å². The molecule has 2 fully saturated rings. The SMILES string of the molecule is CC1(C)CN(C2(CNC(=O)Nc3cccc(C(=O)NCc4cccs4)c3)CCCCC2)CCO1. The molecule has 2 aromatic rings. The summed E-state index contributed by atoms with van der Waals surface area (Å²) in [6, 6.07) is 10.8. The van der Waals surface area contributed by atoms with Gasteiger partial charge in [-0.25, -0.2) is 4.79 Å². The Labute approximate surface area is 206 Å². The number of rotatable bonds is 7. The summed E-state index contributed by atoms with van der Waals surface area (Å²) >= 11 is 1.61. The molecule has 3 N–H and O–H groups in total. The second-order valence-corrected chi connectivity index (χ2v) is 11.0. The van der Waals surface area contributed by atoms with Crippen molar-refractivity contribution in [2.75, 3.05) is 31.6 Å². The van der Waals surface area contributed by atoms with Crippen LogP contribution < -0.4 is 16.0 Å². The molecule has 0 unspecified atom stereocenters. The molecule has 0 spiro atoms. The maximum absolute atomic E-state index is 12.8. The Morgan fingerprint density at radius 1 is 1.09 bits per heavy atom. The molecule has 1 saturated carbocycles. The fourth-order valence-electron chi connectivity index (χ4n) is 5.08. The zero-order valence-electron chi connectivity index (χ0n) is 20.2. The summed E-state index contributed by atoms with van der Waals surface area (Å²) in [6.07, 6.45) is 5.79. The van der Waals surface area contributed by atoms with Crippen LogP contribution in [-0.2, 0) is 11.3 Å². The third-order valence-electron chi connectivity index (χ3n) is 6.84. The number of amides is 3. The Kier molecular flexibility index (Phi) is 7.91. The topological polar surface area (TPSA) is 82.7 Å². The van der Waals surface area contributed by atoms with E-state index >= 15 is 0 Å². The molecule has 3 amide bonds. The molecule has 8 heteroatoms. The van der Waals surface area contributed by atoms with Crippen molar-refractivity contribution >= 4 is 29.0 Å². The average molecular weight is 485 g/mol. The minimum absolute atomic E-state index is 0.0276. The van der Waals surface area contributed by atoms with Gasteiger partial charge in [-0.05, 0) is 56.3 Å². The van der Waals surface area contributed by atoms with E-state index < -0.39 is 0 Å². The van der Waals surface area contributed by atoms with E-state index in [4.69, 9.17) is 4.74 Å². The normalized spacial score (nSPS) is 19.8. The van der Waals surface area contributed by atoms with Gasteiger partial charge in [0.05, 0.1) is 18.8 Å². The van der Waals surface area contributed by atoms with Gasteiger partial charge in [0.2, 0.25) is 0 Å². The number of carbonyl (C=O) groups is 2. The molecule has 2 heterocycles. The molecule has 1 aromatic heterocycles. The van der Waals surface area contributed by atoms with Crippen LogP contribution in [0.2, 0.25) is 0 Å². The van der Waals surface area contributed by atoms with E-state index in [-0.39, 0.29) is 23.1 Å². The number of carbonyl (C=O) groups excluding carboxylic acids is 2. The number of ether oxygens (including phenoxy) is 1. The van der Waals surface area contributed by atoms with E-state index in [0.717, 1.165) is 37.4 Å². The average Bonchev–Trinajstić information content (AvgIpc) is 3.35. The van der Waals surface area contributed by atoms with E-state index in [9.17, 15) is 9.59 Å². The van der Waals surface area contributed by atoms with Crippen molar-refractivity contribution in [3.05, 3.63) is 52.2 Å². The Morgan fingerprint density at radius 2 is 1.91 bits per heavy atom. The zero-order chi connectivity index (χ0) is 24.0. The highest BCUT2D eigenvalue weighted by atomic mass is 32.1. The predicted octanol–water partition coefficient (Wildman–Crippen LogP) is 4.61. The van der Waals surface area contributed by atoms with Crippen molar-refractivity contribution < 1.29 is 14.3 Å². The molecule has 2 aliphatic rings. The van der Waals surface area contributed by atoms with Gasteiger partial charge in [0.25, 0.3) is 5.91 Å². The van der Waals surface area contributed by atoms with Gasteiger partial charge in [-0.2, -0.15) is 0 Å². The lowest BCUT2D eigenvalue weighted by molar-refractivity contribution is -0.122. The first-order valence-corrected chi connectivity index (χ1v) is 13.1. The van der Waals surface area contributed by atoms with Crippen LogP contribution in [0, 0.1) is 0 Å². The Balaban J connectivity index is 1.34. The first kappa shape index (κ1) is 24.7. The van der Waals surface area contributed by atoms with Gasteiger partial charge in [-0.15, -0.1) is 11.3 Å². The van der Waals surface area contributed by atoms with E-state index in [2.05, 4.69) is 34.7 Å². The molecule has 7 nitrogen and oxygen atoms in total. The summed E-state index contributed by atoms with van der Waals surface area (Å²) < 4.78 is 5.93. The second-order valence-electron chi connectivity index (χ2n) is 9.97. The fraction of sp³-hybridized carbons (Fsp3) is 0.538. The molecule has 1 aliphatic heterocycles. The van der Waals surface area contributed by atoms with Gasteiger partial charge >= 0.3 is 6.03 Å². The fourth-order valence-corrected chi connectivity index (χ4v) is 5.72. The van der Waals surface area contributed by atoms with Crippen molar-refractivity contribution in [2.24, 2.45) is 0 Å². The molecule has 0 atom stereocenters. The van der Waals surface area contributed by atoms with Crippen molar-refractivity contribution in [3.63, 3.8) is 0 Å². The van der Waals surface area contributed by atoms with Gasteiger partial charge in [0.1, 0.15) is 0 Å². The summed E-state index contributed by atoms with van der Waals surface area (Å²) in [7, 11) is 0. The summed E-state index contributed by atoms with van der Waals surface area (Å²) in [5.41, 5.74) is 0.926. The van der Waals surface area contributed by atoms with Crippen LogP contribution in [0.3, 0.4) is 0 Å². The molecule has 1 aromatic carbocycles. The van der Waals surface area contributed by atoms with Crippen LogP contribution >= 0.6 is 11.3 Å². The van der Waals surface area contributed by atoms with Gasteiger partial charge < -0.3 is 20.7 Å². The minimum atomic E-state index is -0.242. The van der Waals surface area contributed by atoms with Crippen LogP contribution in [0.4, 0.5) is 10.5 Å². The van der Waals surface area contributed by atoms with Crippen molar-refractivity contribution in [3.8, 4) is 0 Å². The summed E-state index contributed by atoms with van der Waals surface area (Å²) in [4.78, 5) is 29.0. The molecule has 0 radical (unpaired) electrons. The number of urea groups is 1. The minimum Gasteiger partial charge on any atom is -0.373 e. The van der Waals surface area contributed by atoms with Gasteiger partial charge in [-0.3, -0.25) is 9.69 Å². The highest BCUT2D eigenvalue weighted by Gasteiger charge is 2.42. The number of nitrogens with zero attached hydrogens (tertiary/aromatic N) is 1. The maximum Gasteiger partial charge on any atom is 0.319 e. The second kappa shape index (κ2) is 10.9. The molecule has 1 saturated heterocycles. The standard InChI is InChI=1S/C26H36N4O3S/c1-25(2)19-30(13-14-33-25)26(11-4-3-5-12-26)18-28-24(32)29-21-9-6-8-20(16-21)23(31)27-17-22-10-7-15-34-22/h6-10,15-16H,3-5,11-14,17-19H2,1-2H3,(H,27,31)(H2,28,29,32). The molecule has 1 aliphatic carbocycles. The number of hydrogen-bond donors (Lipinski definition) is 3. The zero-order valence-corrected chi connectivity index (χ0v) is 21.0. The van der Waals surface area contributed by atoms with E-state index in [0.29, 0.717) is 24.3 Å². The molecular formula is C26H36N4O3S. The monoisotopic (exact) mass is 484 g/mol. The van der Waals surface area contributed by atoms with Crippen LogP contribution in [0.25, 0.3) is 0 Å². The largest absolute Gasteiger partial charge is 0.373 e. The first-order valence-electron chi connectivity index (χ1n) is 12.2. The Morgan fingerprint density at radius 3 is 2.65 bits per heavy atom. The van der Waals surface area contributed by atoms with Crippen LogP contribution in [0.1, 0.15) is 61.2 Å². The van der Waals surface area contributed by atoms with E-state index in [1.807, 2.05) is 17.5 Å². The van der Waals surface area contributed by atoms with Crippen LogP contribution in [0.15, 0.2) is 41.8 Å². The summed E-state index contributed by atoms with van der Waals surface area (Å²) in [5.74, 6) is -0.159. The molecule has 184 valence electrons. The highest BCUT2D eigenvalue weighted by Crippen LogP contribution is 2.36. The molecule has 34 heavy (non-hydrogen) atoms. The van der Waals surface area contributed by atoms with Crippen molar-refractivity contribution in [1.29, 1.82) is 0 Å². The van der Waals surface area contributed by atoms with Gasteiger partial charge in [-0.1, -0.05) is 31.4 Å². The number of morpholine rings is 1. The van der Waals surface area contributed by atoms with Gasteiger partial charge in [0.15, 0.2) is 0 Å². The lowest BCUT2D eigenvalue weighted by Gasteiger charge is -2.51.